The predicted octanol–water partition coefficient (Wildman–Crippen LogP) is 4.13. The summed E-state index contributed by atoms with van der Waals surface area (Å²) >= 11 is 1.29. The molecule has 0 spiro atoms. The second-order valence-corrected chi connectivity index (χ2v) is 11.0. The minimum atomic E-state index is -3.73. The first-order valence-electron chi connectivity index (χ1n) is 11.5. The Hall–Kier alpha value is -3.68. The molecule has 37 heavy (non-hydrogen) atoms. The van der Waals surface area contributed by atoms with Crippen molar-refractivity contribution in [3.05, 3.63) is 69.6 Å². The summed E-state index contributed by atoms with van der Waals surface area (Å²) in [5.74, 6) is -0.553. The van der Waals surface area contributed by atoms with Gasteiger partial charge in [0, 0.05) is 41.7 Å². The van der Waals surface area contributed by atoms with Gasteiger partial charge in [0.25, 0.3) is 5.69 Å². The van der Waals surface area contributed by atoms with E-state index in [0.29, 0.717) is 41.4 Å². The van der Waals surface area contributed by atoms with Gasteiger partial charge in [-0.15, -0.1) is 11.3 Å². The minimum absolute atomic E-state index is 0.0290. The van der Waals surface area contributed by atoms with Crippen LogP contribution in [0.5, 0.6) is 0 Å². The largest absolute Gasteiger partial charge is 0.466 e. The van der Waals surface area contributed by atoms with Crippen molar-refractivity contribution in [2.45, 2.75) is 24.7 Å². The highest BCUT2D eigenvalue weighted by atomic mass is 32.2. The molecule has 1 fully saturated rings. The van der Waals surface area contributed by atoms with Crippen molar-refractivity contribution < 1.29 is 22.9 Å². The monoisotopic (exact) mass is 543 g/mol. The number of nitro benzene ring substituents is 1. The highest BCUT2D eigenvalue weighted by Gasteiger charge is 2.32. The van der Waals surface area contributed by atoms with Gasteiger partial charge in [-0.05, 0) is 31.9 Å². The lowest BCUT2D eigenvalue weighted by Crippen LogP contribution is -2.40. The second-order valence-electron chi connectivity index (χ2n) is 8.22. The number of hydrogen-bond acceptors (Lipinski definition) is 10. The molecular weight excluding hydrogens is 518 g/mol. The number of carbonyl (C=O) groups excluding carboxylic acids is 1. The van der Waals surface area contributed by atoms with Crippen LogP contribution in [-0.4, -0.2) is 54.5 Å². The van der Waals surface area contributed by atoms with Crippen LogP contribution in [0.25, 0.3) is 11.3 Å². The molecule has 0 atom stereocenters. The number of benzene rings is 2. The fraction of sp³-hybridized carbons (Fsp3) is 0.292. The van der Waals surface area contributed by atoms with Crippen LogP contribution in [0, 0.1) is 16.0 Å². The number of ether oxygens (including phenoxy) is 1. The molecule has 1 N–H and O–H groups in total. The highest BCUT2D eigenvalue weighted by Crippen LogP contribution is 2.29. The van der Waals surface area contributed by atoms with E-state index in [0.717, 1.165) is 0 Å². The third-order valence-electron chi connectivity index (χ3n) is 5.80. The second kappa shape index (κ2) is 11.6. The summed E-state index contributed by atoms with van der Waals surface area (Å²) in [6, 6.07) is 12.6. The Bertz CT molecular complexity index is 1410. The molecule has 3 aromatic rings. The van der Waals surface area contributed by atoms with Gasteiger partial charge < -0.3 is 4.74 Å². The van der Waals surface area contributed by atoms with Crippen molar-refractivity contribution in [2.75, 3.05) is 25.1 Å². The van der Waals surface area contributed by atoms with Crippen LogP contribution < -0.4 is 5.43 Å². The van der Waals surface area contributed by atoms with Crippen molar-refractivity contribution in [2.24, 2.45) is 11.0 Å². The van der Waals surface area contributed by atoms with E-state index in [-0.39, 0.29) is 35.6 Å². The summed E-state index contributed by atoms with van der Waals surface area (Å²) in [4.78, 5) is 27.0. The van der Waals surface area contributed by atoms with Gasteiger partial charge in [0.15, 0.2) is 0 Å². The molecule has 194 valence electrons. The topological polar surface area (TPSA) is 144 Å². The van der Waals surface area contributed by atoms with Gasteiger partial charge in [0.1, 0.15) is 0 Å². The van der Waals surface area contributed by atoms with Crippen molar-refractivity contribution in [1.82, 2.24) is 9.29 Å². The van der Waals surface area contributed by atoms with E-state index in [1.54, 1.807) is 48.7 Å². The van der Waals surface area contributed by atoms with Gasteiger partial charge in [-0.2, -0.15) is 9.41 Å². The number of hydrazone groups is 1. The van der Waals surface area contributed by atoms with Crippen molar-refractivity contribution in [3.8, 4) is 11.3 Å². The third-order valence-corrected chi connectivity index (χ3v) is 8.44. The molecule has 1 aromatic heterocycles. The zero-order valence-electron chi connectivity index (χ0n) is 19.9. The van der Waals surface area contributed by atoms with Crippen LogP contribution in [0.3, 0.4) is 0 Å². The van der Waals surface area contributed by atoms with Gasteiger partial charge in [-0.3, -0.25) is 20.3 Å². The lowest BCUT2D eigenvalue weighted by atomic mass is 9.98. The van der Waals surface area contributed by atoms with Gasteiger partial charge in [0.05, 0.1) is 34.3 Å². The molecule has 2 heterocycles. The van der Waals surface area contributed by atoms with Gasteiger partial charge >= 0.3 is 5.97 Å². The summed E-state index contributed by atoms with van der Waals surface area (Å²) < 4.78 is 32.9. The molecule has 0 amide bonds. The standard InChI is InChI=1S/C24H25N5O6S2/c1-2-35-23(30)18-9-11-28(12-10-18)37(33,34)21-8-4-6-19(14-21)22-16-36-24(26-22)27-25-15-17-5-3-7-20(13-17)29(31)32/h3-8,13-16,18H,2,9-12H2,1H3,(H,26,27)/b25-15+. The predicted molar refractivity (Wildman–Crippen MR) is 140 cm³/mol. The summed E-state index contributed by atoms with van der Waals surface area (Å²) in [7, 11) is -3.73. The van der Waals surface area contributed by atoms with Crippen LogP contribution in [-0.2, 0) is 19.6 Å². The maximum atomic E-state index is 13.2. The van der Waals surface area contributed by atoms with Crippen molar-refractivity contribution in [1.29, 1.82) is 0 Å². The Morgan fingerprint density at radius 3 is 2.76 bits per heavy atom. The zero-order chi connectivity index (χ0) is 26.4. The lowest BCUT2D eigenvalue weighted by molar-refractivity contribution is -0.384. The molecule has 0 unspecified atom stereocenters. The first-order valence-corrected chi connectivity index (χ1v) is 13.9. The molecule has 1 aliphatic heterocycles. The Balaban J connectivity index is 1.42. The van der Waals surface area contributed by atoms with Crippen molar-refractivity contribution in [3.63, 3.8) is 0 Å². The zero-order valence-corrected chi connectivity index (χ0v) is 21.6. The first kappa shape index (κ1) is 26.4. The number of nitrogens with zero attached hydrogens (tertiary/aromatic N) is 4. The number of nitro groups is 1. The molecule has 4 rings (SSSR count). The fourth-order valence-corrected chi connectivity index (χ4v) is 6.08. The Kier molecular flexibility index (Phi) is 8.26. The van der Waals surface area contributed by atoms with Gasteiger partial charge in [0.2, 0.25) is 15.2 Å². The molecule has 1 aliphatic rings. The third kappa shape index (κ3) is 6.37. The Morgan fingerprint density at radius 1 is 1.27 bits per heavy atom. The number of thiazole rings is 1. The number of piperidine rings is 1. The normalized spacial score (nSPS) is 15.1. The Morgan fingerprint density at radius 2 is 2.03 bits per heavy atom. The van der Waals surface area contributed by atoms with Gasteiger partial charge in [-0.1, -0.05) is 24.3 Å². The van der Waals surface area contributed by atoms with E-state index >= 15 is 0 Å². The smallest absolute Gasteiger partial charge is 0.309 e. The van der Waals surface area contributed by atoms with Crippen LogP contribution >= 0.6 is 11.3 Å². The molecule has 13 heteroatoms. The molecule has 0 saturated carbocycles. The number of sulfonamides is 1. The molecule has 0 radical (unpaired) electrons. The first-order chi connectivity index (χ1) is 17.8. The minimum Gasteiger partial charge on any atom is -0.466 e. The van der Waals surface area contributed by atoms with E-state index < -0.39 is 14.9 Å². The SMILES string of the molecule is CCOC(=O)C1CCN(S(=O)(=O)c2cccc(-c3csc(N/N=C/c4cccc([N+](=O)[O-])c4)n3)c2)CC1. The van der Waals surface area contributed by atoms with E-state index in [9.17, 15) is 23.3 Å². The van der Waals surface area contributed by atoms with E-state index in [1.807, 2.05) is 0 Å². The summed E-state index contributed by atoms with van der Waals surface area (Å²) in [6.07, 6.45) is 2.30. The number of carbonyl (C=O) groups is 1. The van der Waals surface area contributed by atoms with E-state index in [1.165, 1.54) is 34.0 Å². The molecular formula is C24H25N5O6S2. The lowest BCUT2D eigenvalue weighted by Gasteiger charge is -2.30. The maximum absolute atomic E-state index is 13.2. The van der Waals surface area contributed by atoms with Crippen LogP contribution in [0.4, 0.5) is 10.8 Å². The molecule has 0 aliphatic carbocycles. The number of aromatic nitrogens is 1. The Labute approximate surface area is 218 Å². The highest BCUT2D eigenvalue weighted by molar-refractivity contribution is 7.89. The summed E-state index contributed by atoms with van der Waals surface area (Å²) in [5, 5.41) is 17.2. The number of anilines is 1. The van der Waals surface area contributed by atoms with Crippen LogP contribution in [0.2, 0.25) is 0 Å². The number of hydrogen-bond donors (Lipinski definition) is 1. The van der Waals surface area contributed by atoms with Crippen LogP contribution in [0.1, 0.15) is 25.3 Å². The number of nitrogens with one attached hydrogen (secondary N) is 1. The molecule has 0 bridgehead atoms. The van der Waals surface area contributed by atoms with Gasteiger partial charge in [-0.25, -0.2) is 13.4 Å². The number of non-ortho nitro benzene ring substituents is 1. The molecule has 1 saturated heterocycles. The average molecular weight is 544 g/mol. The quantitative estimate of drug-likeness (QED) is 0.184. The fourth-order valence-electron chi connectivity index (χ4n) is 3.90. The number of rotatable bonds is 9. The van der Waals surface area contributed by atoms with E-state index in [4.69, 9.17) is 4.74 Å². The van der Waals surface area contributed by atoms with E-state index in [2.05, 4.69) is 15.5 Å². The summed E-state index contributed by atoms with van der Waals surface area (Å²) in [6.45, 7) is 2.56. The van der Waals surface area contributed by atoms with Crippen LogP contribution in [0.15, 0.2) is 63.9 Å². The van der Waals surface area contributed by atoms with Crippen molar-refractivity contribution >= 4 is 44.4 Å². The average Bonchev–Trinajstić information content (AvgIpc) is 3.38. The number of esters is 1. The molecule has 2 aromatic carbocycles. The molecule has 11 nitrogen and oxygen atoms in total. The summed E-state index contributed by atoms with van der Waals surface area (Å²) in [5.41, 5.74) is 4.54. The maximum Gasteiger partial charge on any atom is 0.309 e.